The highest BCUT2D eigenvalue weighted by Gasteiger charge is 2.54. The molecule has 0 bridgehead atoms. The summed E-state index contributed by atoms with van der Waals surface area (Å²) in [6.45, 7) is 12.4. The number of pyridine rings is 1. The van der Waals surface area contributed by atoms with Gasteiger partial charge < -0.3 is 19.5 Å². The molecule has 0 saturated carbocycles. The van der Waals surface area contributed by atoms with Crippen molar-refractivity contribution >= 4 is 22.8 Å². The maximum absolute atomic E-state index is 15.2. The van der Waals surface area contributed by atoms with Crippen LogP contribution in [0.3, 0.4) is 0 Å². The third kappa shape index (κ3) is 3.03. The number of ether oxygens (including phenoxy) is 1. The number of likely N-dealkylation sites (tertiary alicyclic amines) is 1. The Bertz CT molecular complexity index is 885. The van der Waals surface area contributed by atoms with Crippen molar-refractivity contribution in [2.24, 2.45) is 5.41 Å². The fraction of sp³-hybridized carbons (Fsp3) is 0.600. The van der Waals surface area contributed by atoms with Crippen LogP contribution in [0, 0.1) is 11.2 Å². The lowest BCUT2D eigenvalue weighted by molar-refractivity contribution is -0.0456. The third-order valence-corrected chi connectivity index (χ3v) is 5.35. The number of anilines is 1. The van der Waals surface area contributed by atoms with Gasteiger partial charge in [-0.2, -0.15) is 0 Å². The van der Waals surface area contributed by atoms with E-state index in [-0.39, 0.29) is 23.2 Å². The normalized spacial score (nSPS) is 18.8. The van der Waals surface area contributed by atoms with Gasteiger partial charge in [0.2, 0.25) is 0 Å². The minimum atomic E-state index is -0.487. The highest BCUT2D eigenvalue weighted by molar-refractivity contribution is 5.86. The predicted molar refractivity (Wildman–Crippen MR) is 103 cm³/mol. The molecule has 2 saturated heterocycles. The molecule has 0 aliphatic carbocycles. The second kappa shape index (κ2) is 5.84. The lowest BCUT2D eigenvalue weighted by Crippen LogP contribution is -2.73. The SMILES string of the molecule is CC(C)c1c[nH]c2cnc(N3CC4(CN(C(=O)OC(C)(C)C)C4)C3)c(F)c12. The molecule has 27 heavy (non-hydrogen) atoms. The van der Waals surface area contributed by atoms with Gasteiger partial charge in [-0.25, -0.2) is 14.2 Å². The molecule has 4 rings (SSSR count). The minimum absolute atomic E-state index is 0.0407. The number of carbonyl (C=O) groups excluding carboxylic acids is 1. The Morgan fingerprint density at radius 3 is 2.56 bits per heavy atom. The molecule has 0 aromatic carbocycles. The van der Waals surface area contributed by atoms with Crippen LogP contribution in [-0.2, 0) is 4.74 Å². The topological polar surface area (TPSA) is 61.5 Å². The lowest BCUT2D eigenvalue weighted by Gasteiger charge is -2.60. The molecular formula is C20H27FN4O2. The van der Waals surface area contributed by atoms with Gasteiger partial charge in [-0.3, -0.25) is 0 Å². The molecule has 1 amide bonds. The van der Waals surface area contributed by atoms with E-state index in [1.807, 2.05) is 31.9 Å². The Hall–Kier alpha value is -2.31. The molecule has 2 aliphatic rings. The second-order valence-electron chi connectivity index (χ2n) is 9.28. The summed E-state index contributed by atoms with van der Waals surface area (Å²) in [7, 11) is 0. The number of nitrogens with zero attached hydrogens (tertiary/aromatic N) is 3. The molecule has 0 radical (unpaired) electrons. The number of H-pyrrole nitrogens is 1. The first-order chi connectivity index (χ1) is 12.6. The second-order valence-corrected chi connectivity index (χ2v) is 9.28. The van der Waals surface area contributed by atoms with Gasteiger partial charge in [-0.05, 0) is 32.3 Å². The van der Waals surface area contributed by atoms with Crippen LogP contribution in [-0.4, -0.2) is 52.7 Å². The quantitative estimate of drug-likeness (QED) is 0.866. The summed E-state index contributed by atoms with van der Waals surface area (Å²) >= 11 is 0. The first-order valence-corrected chi connectivity index (χ1v) is 9.47. The smallest absolute Gasteiger partial charge is 0.410 e. The van der Waals surface area contributed by atoms with Crippen molar-refractivity contribution < 1.29 is 13.9 Å². The standard InChI is InChI=1S/C20H27FN4O2/c1-12(2)13-6-22-14-7-23-17(16(21)15(13)14)24-8-20(9-24)10-25(11-20)18(26)27-19(3,4)5/h6-7,12,22H,8-11H2,1-5H3. The molecule has 6 nitrogen and oxygen atoms in total. The Morgan fingerprint density at radius 1 is 1.30 bits per heavy atom. The number of rotatable bonds is 2. The van der Waals surface area contributed by atoms with Gasteiger partial charge in [0, 0.05) is 43.2 Å². The molecule has 2 aromatic rings. The van der Waals surface area contributed by atoms with Gasteiger partial charge in [-0.1, -0.05) is 13.8 Å². The van der Waals surface area contributed by atoms with Crippen LogP contribution in [0.15, 0.2) is 12.4 Å². The zero-order chi connectivity index (χ0) is 19.6. The Balaban J connectivity index is 1.44. The van der Waals surface area contributed by atoms with E-state index in [9.17, 15) is 4.79 Å². The molecular weight excluding hydrogens is 347 g/mol. The summed E-state index contributed by atoms with van der Waals surface area (Å²) in [4.78, 5) is 23.2. The number of fused-ring (bicyclic) bond motifs is 1. The summed E-state index contributed by atoms with van der Waals surface area (Å²) in [5, 5.41) is 0.639. The highest BCUT2D eigenvalue weighted by atomic mass is 19.1. The first-order valence-electron chi connectivity index (χ1n) is 9.47. The molecule has 1 spiro atoms. The van der Waals surface area contributed by atoms with Crippen molar-refractivity contribution in [3.05, 3.63) is 23.8 Å². The molecule has 2 fully saturated rings. The number of hydrogen-bond acceptors (Lipinski definition) is 4. The van der Waals surface area contributed by atoms with E-state index in [0.717, 1.165) is 11.1 Å². The van der Waals surface area contributed by atoms with E-state index >= 15 is 4.39 Å². The maximum Gasteiger partial charge on any atom is 0.410 e. The number of nitrogens with one attached hydrogen (secondary N) is 1. The number of hydrogen-bond donors (Lipinski definition) is 1. The number of halogens is 1. The average Bonchev–Trinajstić information content (AvgIpc) is 2.89. The van der Waals surface area contributed by atoms with E-state index in [0.29, 0.717) is 37.4 Å². The van der Waals surface area contributed by atoms with Gasteiger partial charge >= 0.3 is 6.09 Å². The number of aromatic amines is 1. The van der Waals surface area contributed by atoms with Gasteiger partial charge in [0.25, 0.3) is 0 Å². The van der Waals surface area contributed by atoms with Crippen molar-refractivity contribution in [3.63, 3.8) is 0 Å². The van der Waals surface area contributed by atoms with Crippen LogP contribution in [0.4, 0.5) is 15.0 Å². The molecule has 1 N–H and O–H groups in total. The van der Waals surface area contributed by atoms with Crippen molar-refractivity contribution in [2.45, 2.75) is 46.1 Å². The van der Waals surface area contributed by atoms with E-state index < -0.39 is 5.60 Å². The van der Waals surface area contributed by atoms with Gasteiger partial charge in [0.05, 0.1) is 11.7 Å². The van der Waals surface area contributed by atoms with Crippen LogP contribution in [0.5, 0.6) is 0 Å². The first kappa shape index (κ1) is 18.1. The molecule has 4 heterocycles. The summed E-state index contributed by atoms with van der Waals surface area (Å²) < 4.78 is 20.6. The fourth-order valence-corrected chi connectivity index (χ4v) is 4.10. The summed E-state index contributed by atoms with van der Waals surface area (Å²) in [6.07, 6.45) is 3.30. The van der Waals surface area contributed by atoms with Crippen LogP contribution in [0.1, 0.15) is 46.1 Å². The maximum atomic E-state index is 15.2. The van der Waals surface area contributed by atoms with Crippen molar-refractivity contribution in [1.29, 1.82) is 0 Å². The van der Waals surface area contributed by atoms with Crippen LogP contribution >= 0.6 is 0 Å². The fourth-order valence-electron chi connectivity index (χ4n) is 4.10. The van der Waals surface area contributed by atoms with Crippen molar-refractivity contribution in [1.82, 2.24) is 14.9 Å². The molecule has 0 atom stereocenters. The molecule has 2 aliphatic heterocycles. The highest BCUT2D eigenvalue weighted by Crippen LogP contribution is 2.43. The van der Waals surface area contributed by atoms with E-state index in [2.05, 4.69) is 23.8 Å². The van der Waals surface area contributed by atoms with Crippen molar-refractivity contribution in [3.8, 4) is 0 Å². The van der Waals surface area contributed by atoms with Crippen LogP contribution < -0.4 is 4.90 Å². The lowest BCUT2D eigenvalue weighted by atomic mass is 9.73. The molecule has 7 heteroatoms. The van der Waals surface area contributed by atoms with E-state index in [1.54, 1.807) is 11.1 Å². The third-order valence-electron chi connectivity index (χ3n) is 5.35. The van der Waals surface area contributed by atoms with E-state index in [1.165, 1.54) is 0 Å². The Morgan fingerprint density at radius 2 is 1.96 bits per heavy atom. The molecule has 146 valence electrons. The predicted octanol–water partition coefficient (Wildman–Crippen LogP) is 3.88. The zero-order valence-electron chi connectivity index (χ0n) is 16.6. The van der Waals surface area contributed by atoms with Gasteiger partial charge in [0.15, 0.2) is 11.6 Å². The van der Waals surface area contributed by atoms with Gasteiger partial charge in [-0.15, -0.1) is 0 Å². The zero-order valence-corrected chi connectivity index (χ0v) is 16.6. The molecule has 2 aromatic heterocycles. The number of amides is 1. The Kier molecular flexibility index (Phi) is 3.91. The van der Waals surface area contributed by atoms with Crippen molar-refractivity contribution in [2.75, 3.05) is 31.1 Å². The minimum Gasteiger partial charge on any atom is -0.444 e. The van der Waals surface area contributed by atoms with Crippen LogP contribution in [0.2, 0.25) is 0 Å². The number of aromatic nitrogens is 2. The Labute approximate surface area is 158 Å². The van der Waals surface area contributed by atoms with Crippen LogP contribution in [0.25, 0.3) is 10.9 Å². The summed E-state index contributed by atoms with van der Waals surface area (Å²) in [6, 6.07) is 0. The monoisotopic (exact) mass is 374 g/mol. The number of carbonyl (C=O) groups is 1. The molecule has 0 unspecified atom stereocenters. The van der Waals surface area contributed by atoms with Gasteiger partial charge in [0.1, 0.15) is 5.60 Å². The summed E-state index contributed by atoms with van der Waals surface area (Å²) in [5.74, 6) is 0.390. The van der Waals surface area contributed by atoms with E-state index in [4.69, 9.17) is 4.74 Å². The largest absolute Gasteiger partial charge is 0.444 e. The summed E-state index contributed by atoms with van der Waals surface area (Å²) in [5.41, 5.74) is 1.26. The average molecular weight is 374 g/mol.